The van der Waals surface area contributed by atoms with Gasteiger partial charge in [-0.15, -0.1) is 0 Å². The molecule has 3 nitrogen and oxygen atoms in total. The SMILES string of the molecule is CCC(O)C(=O)[O-].[K+]. The fraction of sp³-hybridized carbons (Fsp3) is 0.750. The van der Waals surface area contributed by atoms with Crippen LogP contribution in [0.5, 0.6) is 0 Å². The Morgan fingerprint density at radius 3 is 2.25 bits per heavy atom. The molecule has 4 heteroatoms. The van der Waals surface area contributed by atoms with Crippen LogP contribution in [-0.4, -0.2) is 17.2 Å². The third-order valence-electron chi connectivity index (χ3n) is 0.659. The van der Waals surface area contributed by atoms with Crippen molar-refractivity contribution >= 4 is 5.97 Å². The van der Waals surface area contributed by atoms with Crippen molar-refractivity contribution in [1.29, 1.82) is 0 Å². The average Bonchev–Trinajstić information content (AvgIpc) is 1.65. The number of hydrogen-bond acceptors (Lipinski definition) is 3. The molecule has 0 amide bonds. The van der Waals surface area contributed by atoms with Gasteiger partial charge in [0.1, 0.15) is 0 Å². The van der Waals surface area contributed by atoms with Crippen molar-refractivity contribution in [3.63, 3.8) is 0 Å². The molecule has 0 bridgehead atoms. The smallest absolute Gasteiger partial charge is 0.547 e. The van der Waals surface area contributed by atoms with E-state index in [9.17, 15) is 9.90 Å². The minimum atomic E-state index is -1.40. The minimum absolute atomic E-state index is 0. The molecular formula is C4H7KO3. The predicted molar refractivity (Wildman–Crippen MR) is 21.3 cm³/mol. The van der Waals surface area contributed by atoms with Gasteiger partial charge in [-0.1, -0.05) is 6.92 Å². The van der Waals surface area contributed by atoms with E-state index >= 15 is 0 Å². The molecule has 0 aliphatic rings. The minimum Gasteiger partial charge on any atom is -0.547 e. The van der Waals surface area contributed by atoms with Gasteiger partial charge in [-0.25, -0.2) is 0 Å². The molecule has 8 heavy (non-hydrogen) atoms. The summed E-state index contributed by atoms with van der Waals surface area (Å²) in [5.74, 6) is -1.40. The quantitative estimate of drug-likeness (QED) is 0.395. The van der Waals surface area contributed by atoms with Crippen molar-refractivity contribution in [3.8, 4) is 0 Å². The van der Waals surface area contributed by atoms with E-state index < -0.39 is 12.1 Å². The van der Waals surface area contributed by atoms with Crippen LogP contribution in [0.4, 0.5) is 0 Å². The van der Waals surface area contributed by atoms with Crippen molar-refractivity contribution in [2.75, 3.05) is 0 Å². The van der Waals surface area contributed by atoms with Crippen LogP contribution in [0.25, 0.3) is 0 Å². The molecule has 0 rings (SSSR count). The van der Waals surface area contributed by atoms with Crippen LogP contribution >= 0.6 is 0 Å². The number of aliphatic carboxylic acids is 1. The first kappa shape index (κ1) is 11.8. The van der Waals surface area contributed by atoms with Crippen molar-refractivity contribution in [2.24, 2.45) is 0 Å². The number of carboxylic acids is 1. The molecule has 0 aromatic rings. The Balaban J connectivity index is 0. The fourth-order valence-electron chi connectivity index (χ4n) is 0.167. The van der Waals surface area contributed by atoms with Crippen LogP contribution in [0.1, 0.15) is 13.3 Å². The molecule has 0 aromatic carbocycles. The van der Waals surface area contributed by atoms with E-state index in [2.05, 4.69) is 0 Å². The molecular weight excluding hydrogens is 135 g/mol. The van der Waals surface area contributed by atoms with Gasteiger partial charge in [0.15, 0.2) is 0 Å². The maximum absolute atomic E-state index is 9.57. The van der Waals surface area contributed by atoms with Gasteiger partial charge < -0.3 is 15.0 Å². The first-order valence-corrected chi connectivity index (χ1v) is 2.07. The van der Waals surface area contributed by atoms with Crippen molar-refractivity contribution in [2.45, 2.75) is 19.4 Å². The molecule has 1 N–H and O–H groups in total. The topological polar surface area (TPSA) is 60.4 Å². The third kappa shape index (κ3) is 5.21. The molecule has 0 heterocycles. The van der Waals surface area contributed by atoms with Crippen molar-refractivity contribution in [1.82, 2.24) is 0 Å². The normalized spacial score (nSPS) is 11.8. The maximum atomic E-state index is 9.57. The van der Waals surface area contributed by atoms with E-state index in [1.54, 1.807) is 6.92 Å². The first-order chi connectivity index (χ1) is 3.18. The maximum Gasteiger partial charge on any atom is 1.00 e. The first-order valence-electron chi connectivity index (χ1n) is 2.07. The second-order valence-corrected chi connectivity index (χ2v) is 1.24. The summed E-state index contributed by atoms with van der Waals surface area (Å²) >= 11 is 0. The summed E-state index contributed by atoms with van der Waals surface area (Å²) in [5.41, 5.74) is 0. The largest absolute Gasteiger partial charge is 1.00 e. The summed E-state index contributed by atoms with van der Waals surface area (Å²) in [7, 11) is 0. The summed E-state index contributed by atoms with van der Waals surface area (Å²) in [6.45, 7) is 1.57. The zero-order valence-corrected chi connectivity index (χ0v) is 8.17. The van der Waals surface area contributed by atoms with E-state index in [0.717, 1.165) is 0 Å². The summed E-state index contributed by atoms with van der Waals surface area (Å²) < 4.78 is 0. The molecule has 0 aliphatic carbocycles. The molecule has 0 saturated heterocycles. The molecule has 1 unspecified atom stereocenters. The van der Waals surface area contributed by atoms with E-state index in [-0.39, 0.29) is 57.8 Å². The van der Waals surface area contributed by atoms with Crippen LogP contribution in [-0.2, 0) is 4.79 Å². The number of rotatable bonds is 2. The predicted octanol–water partition coefficient (Wildman–Crippen LogP) is -4.49. The van der Waals surface area contributed by atoms with Crippen LogP contribution < -0.4 is 56.5 Å². The Morgan fingerprint density at radius 1 is 1.88 bits per heavy atom. The van der Waals surface area contributed by atoms with Crippen LogP contribution in [0, 0.1) is 0 Å². The van der Waals surface area contributed by atoms with Gasteiger partial charge in [0.25, 0.3) is 0 Å². The molecule has 0 aromatic heterocycles. The number of aliphatic hydroxyl groups is 1. The molecule has 0 fully saturated rings. The van der Waals surface area contributed by atoms with E-state index in [4.69, 9.17) is 5.11 Å². The Labute approximate surface area is 90.5 Å². The number of hydrogen-bond donors (Lipinski definition) is 1. The number of carbonyl (C=O) groups is 1. The second kappa shape index (κ2) is 6.19. The standard InChI is InChI=1S/C4H8O3.K/c1-2-3(5)4(6)7;/h3,5H,2H2,1H3,(H,6,7);/q;+1/p-1. The Morgan fingerprint density at radius 2 is 2.25 bits per heavy atom. The van der Waals surface area contributed by atoms with Crippen LogP contribution in [0.15, 0.2) is 0 Å². The van der Waals surface area contributed by atoms with E-state index in [0.29, 0.717) is 0 Å². The zero-order chi connectivity index (χ0) is 5.86. The molecule has 42 valence electrons. The molecule has 0 aliphatic heterocycles. The van der Waals surface area contributed by atoms with Gasteiger partial charge in [0, 0.05) is 0 Å². The Hall–Kier alpha value is 1.07. The Bertz CT molecular complexity index is 73.7. The number of carbonyl (C=O) groups excluding carboxylic acids is 1. The van der Waals surface area contributed by atoms with E-state index in [1.165, 1.54) is 0 Å². The van der Waals surface area contributed by atoms with Crippen molar-refractivity contribution in [3.05, 3.63) is 0 Å². The zero-order valence-electron chi connectivity index (χ0n) is 5.05. The van der Waals surface area contributed by atoms with E-state index in [1.807, 2.05) is 0 Å². The monoisotopic (exact) mass is 142 g/mol. The molecule has 0 radical (unpaired) electrons. The van der Waals surface area contributed by atoms with Crippen molar-refractivity contribution < 1.29 is 66.4 Å². The molecule has 0 saturated carbocycles. The van der Waals surface area contributed by atoms with Gasteiger partial charge >= 0.3 is 51.4 Å². The van der Waals surface area contributed by atoms with Gasteiger partial charge in [0.2, 0.25) is 0 Å². The van der Waals surface area contributed by atoms with Gasteiger partial charge in [0.05, 0.1) is 12.1 Å². The second-order valence-electron chi connectivity index (χ2n) is 1.24. The Kier molecular flexibility index (Phi) is 9.14. The number of carboxylic acid groups (broad SMARTS) is 1. The van der Waals surface area contributed by atoms with Crippen LogP contribution in [0.3, 0.4) is 0 Å². The summed E-state index contributed by atoms with van der Waals surface area (Å²) in [4.78, 5) is 9.57. The fourth-order valence-corrected chi connectivity index (χ4v) is 0.167. The number of aliphatic hydroxyl groups excluding tert-OH is 1. The summed E-state index contributed by atoms with van der Waals surface area (Å²) in [6.07, 6.45) is -1.08. The van der Waals surface area contributed by atoms with Gasteiger partial charge in [-0.05, 0) is 6.42 Å². The summed E-state index contributed by atoms with van der Waals surface area (Å²) in [6, 6.07) is 0. The summed E-state index contributed by atoms with van der Waals surface area (Å²) in [5, 5.41) is 17.8. The third-order valence-corrected chi connectivity index (χ3v) is 0.659. The molecule has 1 atom stereocenters. The van der Waals surface area contributed by atoms with Crippen LogP contribution in [0.2, 0.25) is 0 Å². The van der Waals surface area contributed by atoms with Gasteiger partial charge in [-0.3, -0.25) is 0 Å². The average molecular weight is 142 g/mol. The van der Waals surface area contributed by atoms with Gasteiger partial charge in [-0.2, -0.15) is 0 Å². The molecule has 0 spiro atoms.